The molecule has 0 aromatic heterocycles. The number of benzene rings is 2. The molecule has 3 nitrogen and oxygen atoms in total. The Balaban J connectivity index is 2.37. The van der Waals surface area contributed by atoms with Crippen LogP contribution in [0.1, 0.15) is 5.56 Å². The number of sulfone groups is 1. The van der Waals surface area contributed by atoms with Gasteiger partial charge in [-0.25, -0.2) is 8.42 Å². The largest absolute Gasteiger partial charge is 0.398 e. The van der Waals surface area contributed by atoms with Gasteiger partial charge in [-0.3, -0.25) is 0 Å². The number of anilines is 1. The molecule has 0 aliphatic carbocycles. The van der Waals surface area contributed by atoms with Gasteiger partial charge in [0.15, 0.2) is 9.84 Å². The average molecular weight is 316 g/mol. The zero-order chi connectivity index (χ0) is 14.0. The third-order valence-corrected chi connectivity index (χ3v) is 5.09. The lowest BCUT2D eigenvalue weighted by Crippen LogP contribution is -2.07. The third kappa shape index (κ3) is 3.21. The Morgan fingerprint density at radius 1 is 1.00 bits per heavy atom. The van der Waals surface area contributed by atoms with Crippen molar-refractivity contribution in [3.8, 4) is 0 Å². The molecule has 0 bridgehead atoms. The first-order valence-electron chi connectivity index (χ1n) is 5.41. The van der Waals surface area contributed by atoms with Gasteiger partial charge in [0, 0.05) is 0 Å². The van der Waals surface area contributed by atoms with E-state index in [1.807, 2.05) is 0 Å². The van der Waals surface area contributed by atoms with Gasteiger partial charge in [0.05, 0.1) is 26.4 Å². The van der Waals surface area contributed by atoms with Gasteiger partial charge in [-0.05, 0) is 29.8 Å². The van der Waals surface area contributed by atoms with Crippen LogP contribution in [0.4, 0.5) is 5.69 Å². The Morgan fingerprint density at radius 3 is 2.32 bits per heavy atom. The van der Waals surface area contributed by atoms with E-state index >= 15 is 0 Å². The van der Waals surface area contributed by atoms with E-state index in [4.69, 9.17) is 28.9 Å². The third-order valence-electron chi connectivity index (χ3n) is 2.59. The molecule has 0 fully saturated rings. The monoisotopic (exact) mass is 315 g/mol. The predicted octanol–water partition coefficient (Wildman–Crippen LogP) is 3.55. The van der Waals surface area contributed by atoms with Crippen molar-refractivity contribution in [2.45, 2.75) is 10.6 Å². The Morgan fingerprint density at radius 2 is 1.68 bits per heavy atom. The van der Waals surface area contributed by atoms with Crippen LogP contribution in [0.2, 0.25) is 10.0 Å². The molecule has 0 aliphatic heterocycles. The van der Waals surface area contributed by atoms with E-state index in [9.17, 15) is 8.42 Å². The summed E-state index contributed by atoms with van der Waals surface area (Å²) in [7, 11) is -3.50. The van der Waals surface area contributed by atoms with Crippen LogP contribution in [0.15, 0.2) is 47.4 Å². The summed E-state index contributed by atoms with van der Waals surface area (Å²) >= 11 is 11.7. The average Bonchev–Trinajstić information content (AvgIpc) is 2.34. The first-order chi connectivity index (χ1) is 8.90. The smallest absolute Gasteiger partial charge is 0.184 e. The maximum atomic E-state index is 12.3. The molecular formula is C13H11Cl2NO2S. The summed E-state index contributed by atoms with van der Waals surface area (Å²) in [4.78, 5) is 0.126. The molecule has 6 heteroatoms. The zero-order valence-electron chi connectivity index (χ0n) is 9.81. The minimum absolute atomic E-state index is 0.126. The highest BCUT2D eigenvalue weighted by atomic mass is 35.5. The molecule has 0 saturated carbocycles. The van der Waals surface area contributed by atoms with E-state index in [1.165, 1.54) is 6.07 Å². The fourth-order valence-electron chi connectivity index (χ4n) is 1.69. The Hall–Kier alpha value is -1.23. The van der Waals surface area contributed by atoms with Crippen molar-refractivity contribution in [2.24, 2.45) is 0 Å². The van der Waals surface area contributed by atoms with Crippen LogP contribution in [-0.4, -0.2) is 8.42 Å². The number of hydrogen-bond acceptors (Lipinski definition) is 3. The van der Waals surface area contributed by atoms with Crippen LogP contribution >= 0.6 is 23.2 Å². The maximum Gasteiger partial charge on any atom is 0.184 e. The van der Waals surface area contributed by atoms with Crippen LogP contribution in [0.25, 0.3) is 0 Å². The number of nitrogens with two attached hydrogens (primary N) is 1. The first kappa shape index (κ1) is 14.2. The van der Waals surface area contributed by atoms with Gasteiger partial charge in [-0.2, -0.15) is 0 Å². The van der Waals surface area contributed by atoms with E-state index in [2.05, 4.69) is 0 Å². The second-order valence-electron chi connectivity index (χ2n) is 4.05. The van der Waals surface area contributed by atoms with Gasteiger partial charge < -0.3 is 5.73 Å². The molecule has 0 saturated heterocycles. The summed E-state index contributed by atoms with van der Waals surface area (Å²) in [6.07, 6.45) is 0. The number of hydrogen-bond donors (Lipinski definition) is 1. The van der Waals surface area contributed by atoms with Crippen molar-refractivity contribution in [3.63, 3.8) is 0 Å². The highest BCUT2D eigenvalue weighted by molar-refractivity contribution is 7.90. The van der Waals surface area contributed by atoms with E-state index in [1.54, 1.807) is 36.4 Å². The summed E-state index contributed by atoms with van der Waals surface area (Å²) in [6, 6.07) is 11.1. The minimum atomic E-state index is -3.50. The number of nitrogen functional groups attached to an aromatic ring is 1. The number of rotatable bonds is 3. The van der Waals surface area contributed by atoms with E-state index in [0.717, 1.165) is 0 Å². The summed E-state index contributed by atoms with van der Waals surface area (Å²) in [6.45, 7) is 0. The highest BCUT2D eigenvalue weighted by Crippen LogP contribution is 2.26. The normalized spacial score (nSPS) is 11.5. The first-order valence-corrected chi connectivity index (χ1v) is 7.82. The highest BCUT2D eigenvalue weighted by Gasteiger charge is 2.18. The van der Waals surface area contributed by atoms with Crippen LogP contribution in [-0.2, 0) is 15.6 Å². The topological polar surface area (TPSA) is 60.2 Å². The maximum absolute atomic E-state index is 12.3. The molecule has 0 aliphatic rings. The second kappa shape index (κ2) is 5.41. The molecule has 0 spiro atoms. The van der Waals surface area contributed by atoms with Crippen LogP contribution in [0, 0.1) is 0 Å². The molecule has 2 N–H and O–H groups in total. The lowest BCUT2D eigenvalue weighted by atomic mass is 10.2. The molecule has 100 valence electrons. The van der Waals surface area contributed by atoms with Gasteiger partial charge in [-0.15, -0.1) is 0 Å². The molecule has 0 radical (unpaired) electrons. The Labute approximate surface area is 121 Å². The SMILES string of the molecule is Nc1ccccc1S(=O)(=O)Cc1ccc(Cl)c(Cl)c1. The van der Waals surface area contributed by atoms with Gasteiger partial charge in [0.2, 0.25) is 0 Å². The van der Waals surface area contributed by atoms with E-state index in [-0.39, 0.29) is 16.3 Å². The lowest BCUT2D eigenvalue weighted by molar-refractivity contribution is 0.595. The molecule has 0 heterocycles. The van der Waals surface area contributed by atoms with Crippen molar-refractivity contribution in [3.05, 3.63) is 58.1 Å². The molecule has 2 rings (SSSR count). The van der Waals surface area contributed by atoms with Gasteiger partial charge >= 0.3 is 0 Å². The summed E-state index contributed by atoms with van der Waals surface area (Å²) in [5, 5.41) is 0.720. The molecule has 0 unspecified atom stereocenters. The van der Waals surface area contributed by atoms with E-state index in [0.29, 0.717) is 15.6 Å². The Kier molecular flexibility index (Phi) is 4.04. The molecule has 2 aromatic rings. The summed E-state index contributed by atoms with van der Waals surface area (Å²) in [5.74, 6) is -0.169. The molecule has 0 atom stereocenters. The molecule has 2 aromatic carbocycles. The fraction of sp³-hybridized carbons (Fsp3) is 0.0769. The van der Waals surface area contributed by atoms with Crippen molar-refractivity contribution in [2.75, 3.05) is 5.73 Å². The number of para-hydroxylation sites is 1. The van der Waals surface area contributed by atoms with Crippen molar-refractivity contribution in [1.82, 2.24) is 0 Å². The van der Waals surface area contributed by atoms with Crippen LogP contribution in [0.5, 0.6) is 0 Å². The number of halogens is 2. The summed E-state index contributed by atoms with van der Waals surface area (Å²) in [5.41, 5.74) is 6.49. The molecule has 19 heavy (non-hydrogen) atoms. The van der Waals surface area contributed by atoms with Crippen LogP contribution < -0.4 is 5.73 Å². The Bertz CT molecular complexity index is 714. The van der Waals surface area contributed by atoms with Crippen molar-refractivity contribution >= 4 is 38.7 Å². The summed E-state index contributed by atoms with van der Waals surface area (Å²) < 4.78 is 24.5. The molecule has 0 amide bonds. The van der Waals surface area contributed by atoms with Crippen molar-refractivity contribution in [1.29, 1.82) is 0 Å². The minimum Gasteiger partial charge on any atom is -0.398 e. The standard InChI is InChI=1S/C13H11Cl2NO2S/c14-10-6-5-9(7-11(10)15)8-19(17,18)13-4-2-1-3-12(13)16/h1-7H,8,16H2. The van der Waals surface area contributed by atoms with Crippen molar-refractivity contribution < 1.29 is 8.42 Å². The van der Waals surface area contributed by atoms with Gasteiger partial charge in [-0.1, -0.05) is 41.4 Å². The second-order valence-corrected chi connectivity index (χ2v) is 6.82. The zero-order valence-corrected chi connectivity index (χ0v) is 12.1. The predicted molar refractivity (Wildman–Crippen MR) is 78.2 cm³/mol. The van der Waals surface area contributed by atoms with Crippen LogP contribution in [0.3, 0.4) is 0 Å². The molecular weight excluding hydrogens is 305 g/mol. The fourth-order valence-corrected chi connectivity index (χ4v) is 3.50. The quantitative estimate of drug-likeness (QED) is 0.881. The van der Waals surface area contributed by atoms with E-state index < -0.39 is 9.84 Å². The van der Waals surface area contributed by atoms with Gasteiger partial charge in [0.25, 0.3) is 0 Å². The lowest BCUT2D eigenvalue weighted by Gasteiger charge is -2.08. The van der Waals surface area contributed by atoms with Gasteiger partial charge in [0.1, 0.15) is 0 Å².